The number of benzene rings is 2. The van der Waals surface area contributed by atoms with E-state index in [9.17, 15) is 9.18 Å². The van der Waals surface area contributed by atoms with Gasteiger partial charge in [0.05, 0.1) is 0 Å². The van der Waals surface area contributed by atoms with Gasteiger partial charge < -0.3 is 10.5 Å². The van der Waals surface area contributed by atoms with E-state index in [1.54, 1.807) is 24.3 Å². The van der Waals surface area contributed by atoms with Crippen molar-refractivity contribution in [3.05, 3.63) is 64.4 Å². The standard InChI is InChI=1S/C14H11ClFNO2/c15-10-6-4-9(5-7-10)8-19-14(18)13-11(16)2-1-3-12(13)17/h1-7H,8,17H2. The van der Waals surface area contributed by atoms with Crippen LogP contribution < -0.4 is 5.73 Å². The molecule has 0 spiro atoms. The zero-order chi connectivity index (χ0) is 13.8. The molecule has 0 heterocycles. The van der Waals surface area contributed by atoms with Crippen LogP contribution in [0.1, 0.15) is 15.9 Å². The lowest BCUT2D eigenvalue weighted by molar-refractivity contribution is 0.0468. The molecule has 0 aliphatic heterocycles. The van der Waals surface area contributed by atoms with Crippen molar-refractivity contribution in [1.82, 2.24) is 0 Å². The van der Waals surface area contributed by atoms with Gasteiger partial charge in [0.15, 0.2) is 0 Å². The summed E-state index contributed by atoms with van der Waals surface area (Å²) in [5, 5.41) is 0.591. The molecule has 0 radical (unpaired) electrons. The maximum absolute atomic E-state index is 13.5. The molecule has 98 valence electrons. The highest BCUT2D eigenvalue weighted by Gasteiger charge is 2.16. The van der Waals surface area contributed by atoms with Gasteiger partial charge in [0.1, 0.15) is 18.0 Å². The molecule has 0 saturated heterocycles. The van der Waals surface area contributed by atoms with Crippen LogP contribution in [0.15, 0.2) is 42.5 Å². The van der Waals surface area contributed by atoms with Gasteiger partial charge in [-0.3, -0.25) is 0 Å². The summed E-state index contributed by atoms with van der Waals surface area (Å²) >= 11 is 5.74. The number of halogens is 2. The first kappa shape index (κ1) is 13.4. The van der Waals surface area contributed by atoms with Gasteiger partial charge in [0.25, 0.3) is 0 Å². The average Bonchev–Trinajstić information content (AvgIpc) is 2.38. The molecule has 0 amide bonds. The van der Waals surface area contributed by atoms with Crippen molar-refractivity contribution in [2.75, 3.05) is 5.73 Å². The van der Waals surface area contributed by atoms with Gasteiger partial charge in [-0.05, 0) is 29.8 Å². The Labute approximate surface area is 114 Å². The molecule has 2 N–H and O–H groups in total. The summed E-state index contributed by atoms with van der Waals surface area (Å²) in [6, 6.07) is 10.9. The Hall–Kier alpha value is -2.07. The first-order valence-electron chi connectivity index (χ1n) is 5.53. The molecular weight excluding hydrogens is 269 g/mol. The lowest BCUT2D eigenvalue weighted by Crippen LogP contribution is -2.10. The van der Waals surface area contributed by atoms with Gasteiger partial charge in [0.2, 0.25) is 0 Å². The SMILES string of the molecule is Nc1cccc(F)c1C(=O)OCc1ccc(Cl)cc1. The van der Waals surface area contributed by atoms with Crippen LogP contribution in [0.5, 0.6) is 0 Å². The second kappa shape index (κ2) is 5.71. The maximum Gasteiger partial charge on any atom is 0.343 e. The molecule has 5 heteroatoms. The Morgan fingerprint density at radius 1 is 1.21 bits per heavy atom. The molecule has 0 aliphatic carbocycles. The number of hydrogen-bond acceptors (Lipinski definition) is 3. The number of hydrogen-bond donors (Lipinski definition) is 1. The van der Waals surface area contributed by atoms with Crippen LogP contribution in [-0.4, -0.2) is 5.97 Å². The van der Waals surface area contributed by atoms with Crippen LogP contribution in [0.4, 0.5) is 10.1 Å². The molecular formula is C14H11ClFNO2. The van der Waals surface area contributed by atoms with E-state index >= 15 is 0 Å². The van der Waals surface area contributed by atoms with E-state index < -0.39 is 11.8 Å². The van der Waals surface area contributed by atoms with Gasteiger partial charge >= 0.3 is 5.97 Å². The fraction of sp³-hybridized carbons (Fsp3) is 0.0714. The summed E-state index contributed by atoms with van der Waals surface area (Å²) in [5.74, 6) is -1.48. The van der Waals surface area contributed by atoms with E-state index in [0.717, 1.165) is 11.6 Å². The van der Waals surface area contributed by atoms with Gasteiger partial charge in [-0.1, -0.05) is 29.8 Å². The number of carbonyl (C=O) groups excluding carboxylic acids is 1. The highest BCUT2D eigenvalue weighted by Crippen LogP contribution is 2.18. The Morgan fingerprint density at radius 2 is 1.89 bits per heavy atom. The highest BCUT2D eigenvalue weighted by atomic mass is 35.5. The Kier molecular flexibility index (Phi) is 4.02. The molecule has 19 heavy (non-hydrogen) atoms. The lowest BCUT2D eigenvalue weighted by atomic mass is 10.1. The van der Waals surface area contributed by atoms with Crippen molar-refractivity contribution in [2.24, 2.45) is 0 Å². The molecule has 0 bridgehead atoms. The van der Waals surface area contributed by atoms with Crippen molar-refractivity contribution in [1.29, 1.82) is 0 Å². The second-order valence-corrected chi connectivity index (χ2v) is 4.34. The summed E-state index contributed by atoms with van der Waals surface area (Å²) in [4.78, 5) is 11.8. The van der Waals surface area contributed by atoms with E-state index in [-0.39, 0.29) is 17.9 Å². The minimum atomic E-state index is -0.787. The maximum atomic E-state index is 13.5. The Balaban J connectivity index is 2.07. The fourth-order valence-electron chi connectivity index (χ4n) is 1.56. The molecule has 0 aromatic heterocycles. The molecule has 3 nitrogen and oxygen atoms in total. The summed E-state index contributed by atoms with van der Waals surface area (Å²) in [7, 11) is 0. The number of nitrogen functional groups attached to an aromatic ring is 1. The lowest BCUT2D eigenvalue weighted by Gasteiger charge is -2.08. The van der Waals surface area contributed by atoms with E-state index in [1.165, 1.54) is 12.1 Å². The zero-order valence-corrected chi connectivity index (χ0v) is 10.7. The predicted molar refractivity (Wildman–Crippen MR) is 71.4 cm³/mol. The van der Waals surface area contributed by atoms with E-state index in [0.29, 0.717) is 5.02 Å². The molecule has 2 aromatic rings. The summed E-state index contributed by atoms with van der Waals surface area (Å²) in [5.41, 5.74) is 6.13. The number of anilines is 1. The smallest absolute Gasteiger partial charge is 0.343 e. The minimum Gasteiger partial charge on any atom is -0.457 e. The topological polar surface area (TPSA) is 52.3 Å². The number of nitrogens with two attached hydrogens (primary N) is 1. The molecule has 0 atom stereocenters. The van der Waals surface area contributed by atoms with Crippen LogP contribution >= 0.6 is 11.6 Å². The van der Waals surface area contributed by atoms with E-state index in [4.69, 9.17) is 22.1 Å². The van der Waals surface area contributed by atoms with Gasteiger partial charge in [-0.25, -0.2) is 9.18 Å². The van der Waals surface area contributed by atoms with Crippen molar-refractivity contribution in [2.45, 2.75) is 6.61 Å². The van der Waals surface area contributed by atoms with Gasteiger partial charge in [-0.15, -0.1) is 0 Å². The number of carbonyl (C=O) groups is 1. The van der Waals surface area contributed by atoms with Crippen LogP contribution in [0, 0.1) is 5.82 Å². The van der Waals surface area contributed by atoms with Crippen LogP contribution in [0.2, 0.25) is 5.02 Å². The molecule has 0 fully saturated rings. The molecule has 2 rings (SSSR count). The van der Waals surface area contributed by atoms with Gasteiger partial charge in [-0.2, -0.15) is 0 Å². The summed E-state index contributed by atoms with van der Waals surface area (Å²) in [6.07, 6.45) is 0. The zero-order valence-electron chi connectivity index (χ0n) is 9.90. The normalized spacial score (nSPS) is 10.2. The van der Waals surface area contributed by atoms with Crippen molar-refractivity contribution in [3.8, 4) is 0 Å². The quantitative estimate of drug-likeness (QED) is 0.692. The summed E-state index contributed by atoms with van der Waals surface area (Å²) in [6.45, 7) is 0.0315. The van der Waals surface area contributed by atoms with E-state index in [1.807, 2.05) is 0 Å². The molecule has 2 aromatic carbocycles. The number of ether oxygens (including phenoxy) is 1. The molecule has 0 unspecified atom stereocenters. The Bertz CT molecular complexity index is 579. The van der Waals surface area contributed by atoms with Crippen LogP contribution in [-0.2, 0) is 11.3 Å². The fourth-order valence-corrected chi connectivity index (χ4v) is 1.68. The highest BCUT2D eigenvalue weighted by molar-refractivity contribution is 6.30. The van der Waals surface area contributed by atoms with Crippen LogP contribution in [0.3, 0.4) is 0 Å². The predicted octanol–water partition coefficient (Wildman–Crippen LogP) is 3.42. The van der Waals surface area contributed by atoms with Crippen molar-refractivity contribution in [3.63, 3.8) is 0 Å². The molecule has 0 saturated carbocycles. The third kappa shape index (κ3) is 3.23. The van der Waals surface area contributed by atoms with Gasteiger partial charge in [0, 0.05) is 10.7 Å². The number of esters is 1. The Morgan fingerprint density at radius 3 is 2.53 bits per heavy atom. The summed E-state index contributed by atoms with van der Waals surface area (Å²) < 4.78 is 18.5. The second-order valence-electron chi connectivity index (χ2n) is 3.91. The first-order chi connectivity index (χ1) is 9.08. The van der Waals surface area contributed by atoms with Crippen molar-refractivity contribution >= 4 is 23.3 Å². The third-order valence-corrected chi connectivity index (χ3v) is 2.79. The third-order valence-electron chi connectivity index (χ3n) is 2.53. The minimum absolute atomic E-state index is 0.0315. The monoisotopic (exact) mass is 279 g/mol. The molecule has 0 aliphatic rings. The van der Waals surface area contributed by atoms with Crippen molar-refractivity contribution < 1.29 is 13.9 Å². The first-order valence-corrected chi connectivity index (χ1v) is 5.91. The largest absolute Gasteiger partial charge is 0.457 e. The number of rotatable bonds is 3. The van der Waals surface area contributed by atoms with Crippen LogP contribution in [0.25, 0.3) is 0 Å². The van der Waals surface area contributed by atoms with E-state index in [2.05, 4.69) is 0 Å². The average molecular weight is 280 g/mol.